The molecule has 2 aromatic carbocycles. The van der Waals surface area contributed by atoms with Crippen LogP contribution in [0.15, 0.2) is 84.6 Å². The number of H-pyrrole nitrogens is 1. The lowest BCUT2D eigenvalue weighted by atomic mass is 9.89. The van der Waals surface area contributed by atoms with Crippen molar-refractivity contribution in [2.75, 3.05) is 57.3 Å². The van der Waals surface area contributed by atoms with Crippen LogP contribution >= 0.6 is 0 Å². The number of pyridine rings is 1. The number of piperazine rings is 1. The zero-order valence-electron chi connectivity index (χ0n) is 35.6. The van der Waals surface area contributed by atoms with E-state index in [4.69, 9.17) is 21.9 Å². The van der Waals surface area contributed by atoms with Crippen molar-refractivity contribution in [1.82, 2.24) is 30.0 Å². The van der Waals surface area contributed by atoms with Gasteiger partial charge in [0.05, 0.1) is 24.2 Å². The largest absolute Gasteiger partial charge is 0.507 e. The maximum atomic E-state index is 13.3. The van der Waals surface area contributed by atoms with Crippen LogP contribution in [0.5, 0.6) is 5.75 Å². The minimum atomic E-state index is -0.370. The molecule has 5 heterocycles. The molecule has 0 spiro atoms. The molecular formula is C47H60N10O5. The molecule has 3 saturated heterocycles. The molecule has 2 aliphatic carbocycles. The van der Waals surface area contributed by atoms with E-state index in [0.717, 1.165) is 54.4 Å². The number of anilines is 1. The van der Waals surface area contributed by atoms with Gasteiger partial charge in [-0.05, 0) is 92.0 Å². The molecule has 0 bridgehead atoms. The van der Waals surface area contributed by atoms with Crippen LogP contribution in [0, 0.1) is 5.92 Å². The number of phenols is 1. The summed E-state index contributed by atoms with van der Waals surface area (Å²) in [4.78, 5) is 52.1. The van der Waals surface area contributed by atoms with Crippen molar-refractivity contribution < 1.29 is 24.2 Å². The van der Waals surface area contributed by atoms with E-state index < -0.39 is 0 Å². The molecule has 2 aromatic heterocycles. The summed E-state index contributed by atoms with van der Waals surface area (Å²) in [5.74, 6) is 1.54. The van der Waals surface area contributed by atoms with Gasteiger partial charge in [-0.2, -0.15) is 0 Å². The van der Waals surface area contributed by atoms with E-state index in [1.54, 1.807) is 35.4 Å². The number of imide groups is 1. The molecule has 3 aliphatic heterocycles. The molecule has 5 fully saturated rings. The monoisotopic (exact) mass is 844 g/mol. The van der Waals surface area contributed by atoms with Crippen LogP contribution in [0.1, 0.15) is 97.4 Å². The number of carbonyl (C=O) groups is 3. The Morgan fingerprint density at radius 3 is 2.39 bits per heavy atom. The molecule has 4 amide bonds. The first-order valence-electron chi connectivity index (χ1n) is 22.1. The number of amides is 4. The van der Waals surface area contributed by atoms with Crippen LogP contribution in [0.2, 0.25) is 0 Å². The molecule has 328 valence electrons. The molecule has 0 radical (unpaired) electrons. The number of aromatic nitrogens is 2. The summed E-state index contributed by atoms with van der Waals surface area (Å²) in [6.45, 7) is 8.06. The van der Waals surface area contributed by atoms with Gasteiger partial charge in [-0.15, -0.1) is 0 Å². The Morgan fingerprint density at radius 2 is 1.69 bits per heavy atom. The van der Waals surface area contributed by atoms with Crippen LogP contribution in [0.3, 0.4) is 0 Å². The van der Waals surface area contributed by atoms with Crippen LogP contribution in [0.4, 0.5) is 10.5 Å². The van der Waals surface area contributed by atoms with E-state index in [0.29, 0.717) is 54.6 Å². The number of ether oxygens (including phenoxy) is 1. The number of nitrogens with one attached hydrogen (secondary N) is 2. The van der Waals surface area contributed by atoms with E-state index in [-0.39, 0.29) is 41.6 Å². The smallest absolute Gasteiger partial charge is 0.328 e. The van der Waals surface area contributed by atoms with Gasteiger partial charge in [0.25, 0.3) is 5.91 Å². The van der Waals surface area contributed by atoms with Crippen LogP contribution in [0.25, 0.3) is 16.7 Å². The summed E-state index contributed by atoms with van der Waals surface area (Å²) in [6.07, 6.45) is 14.7. The Hall–Kier alpha value is -6.06. The van der Waals surface area contributed by atoms with Gasteiger partial charge in [-0.3, -0.25) is 24.7 Å². The Morgan fingerprint density at radius 1 is 0.952 bits per heavy atom. The number of rotatable bonds is 9. The van der Waals surface area contributed by atoms with Gasteiger partial charge in [-0.25, -0.2) is 9.78 Å². The van der Waals surface area contributed by atoms with Crippen molar-refractivity contribution in [3.8, 4) is 5.75 Å². The van der Waals surface area contributed by atoms with E-state index in [9.17, 15) is 19.5 Å². The van der Waals surface area contributed by atoms with Crippen LogP contribution in [-0.2, 0) is 9.53 Å². The van der Waals surface area contributed by atoms with Gasteiger partial charge in [-0.1, -0.05) is 43.5 Å². The maximum Gasteiger partial charge on any atom is 0.328 e. The molecule has 5 aliphatic rings. The van der Waals surface area contributed by atoms with E-state index in [2.05, 4.69) is 25.1 Å². The third-order valence-electron chi connectivity index (χ3n) is 12.9. The maximum absolute atomic E-state index is 13.3. The fourth-order valence-electron chi connectivity index (χ4n) is 9.16. The Labute approximate surface area is 362 Å². The third kappa shape index (κ3) is 9.84. The highest BCUT2D eigenvalue weighted by molar-refractivity contribution is 6.06. The number of fused-ring (bicyclic) bond motifs is 1. The lowest BCUT2D eigenvalue weighted by Crippen LogP contribution is -2.49. The fourth-order valence-corrected chi connectivity index (χ4v) is 9.16. The molecular weight excluding hydrogens is 785 g/mol. The van der Waals surface area contributed by atoms with Crippen molar-refractivity contribution in [3.63, 3.8) is 0 Å². The summed E-state index contributed by atoms with van der Waals surface area (Å²) < 4.78 is 6.20. The number of nitrogens with two attached hydrogens (primary N) is 3. The molecule has 15 nitrogen and oxygen atoms in total. The number of nitrogens with zero attached hydrogens (tertiary/aromatic N) is 5. The number of urea groups is 1. The van der Waals surface area contributed by atoms with Crippen LogP contribution < -0.4 is 27.4 Å². The standard InChI is InChI=1S/C33H46N6O3.C14H14N4O2/c1-23-22-42-31(21-39(23)29(32(35)36)19-28(34)27-9-5-6-10-30(27)40)25-11-13-26(14-12-25)33(41)38-17-15-37(16-18-38)20-24-7-3-2-4-8-24;19-12-3-4-18(14(20)17-12)9-5-10-11(8-1-2-8)7-16-13(10)15-6-9/h5-6,9-14,19,23-24,31,40H,2-4,7-8,15-18,20-22,34-36H2,1H3;5-8H,1-4H2,(H,15,16)(H,17,19,20)/b28-19-;. The van der Waals surface area contributed by atoms with E-state index in [1.807, 2.05) is 54.4 Å². The molecule has 4 aromatic rings. The second kappa shape index (κ2) is 18.9. The topological polar surface area (TPSA) is 212 Å². The summed E-state index contributed by atoms with van der Waals surface area (Å²) in [5, 5.41) is 13.7. The Kier molecular flexibility index (Phi) is 13.0. The molecule has 2 saturated carbocycles. The van der Waals surface area contributed by atoms with Crippen LogP contribution in [-0.4, -0.2) is 106 Å². The predicted molar refractivity (Wildman–Crippen MR) is 239 cm³/mol. The normalized spacial score (nSPS) is 21.6. The second-order valence-corrected chi connectivity index (χ2v) is 17.4. The number of phenolic OH excluding ortho intramolecular Hbond substituents is 1. The highest BCUT2D eigenvalue weighted by Gasteiger charge is 2.31. The average Bonchev–Trinajstić information content (AvgIpc) is 4.04. The summed E-state index contributed by atoms with van der Waals surface area (Å²) in [7, 11) is 0. The number of para-hydroxylation sites is 1. The highest BCUT2D eigenvalue weighted by Crippen LogP contribution is 2.43. The number of carbonyl (C=O) groups excluding carboxylic acids is 3. The van der Waals surface area contributed by atoms with Gasteiger partial charge >= 0.3 is 6.03 Å². The quantitative estimate of drug-likeness (QED) is 0.116. The van der Waals surface area contributed by atoms with Crippen molar-refractivity contribution in [2.45, 2.75) is 76.4 Å². The summed E-state index contributed by atoms with van der Waals surface area (Å²) in [6, 6.07) is 16.3. The van der Waals surface area contributed by atoms with Gasteiger partial charge in [0.1, 0.15) is 23.3 Å². The summed E-state index contributed by atoms with van der Waals surface area (Å²) >= 11 is 0. The first-order chi connectivity index (χ1) is 30.0. The number of morpholine rings is 1. The highest BCUT2D eigenvalue weighted by atomic mass is 16.5. The summed E-state index contributed by atoms with van der Waals surface area (Å²) in [5.41, 5.74) is 24.6. The van der Waals surface area contributed by atoms with Crippen molar-refractivity contribution >= 4 is 40.3 Å². The number of aromatic hydroxyl groups is 1. The van der Waals surface area contributed by atoms with Crippen molar-refractivity contribution in [1.29, 1.82) is 0 Å². The van der Waals surface area contributed by atoms with Crippen molar-refractivity contribution in [2.24, 2.45) is 23.1 Å². The third-order valence-corrected chi connectivity index (χ3v) is 12.9. The first-order valence-corrected chi connectivity index (χ1v) is 22.1. The minimum Gasteiger partial charge on any atom is -0.507 e. The van der Waals surface area contributed by atoms with Crippen molar-refractivity contribution in [3.05, 3.63) is 107 Å². The molecule has 62 heavy (non-hydrogen) atoms. The SMILES string of the molecule is CC1COC(c2ccc(C(=O)N3CCN(CC4CCCCC4)CC3)cc2)CN1C(/C=C(\N)c1ccccc1O)=C(N)N.O=C1CCN(c2cnc3[nH]cc(C4CC4)c3c2)C(=O)N1. The van der Waals surface area contributed by atoms with E-state index in [1.165, 1.54) is 57.1 Å². The number of benzene rings is 2. The zero-order chi connectivity index (χ0) is 43.3. The average molecular weight is 845 g/mol. The molecule has 15 heteroatoms. The molecule has 2 unspecified atom stereocenters. The minimum absolute atomic E-state index is 0.00408. The number of aromatic amines is 1. The molecule has 9 rings (SSSR count). The van der Waals surface area contributed by atoms with E-state index >= 15 is 0 Å². The lowest BCUT2D eigenvalue weighted by Gasteiger charge is -2.40. The van der Waals surface area contributed by atoms with Gasteiger partial charge in [0, 0.05) is 86.7 Å². The second-order valence-electron chi connectivity index (χ2n) is 17.4. The van der Waals surface area contributed by atoms with Gasteiger partial charge in [0.2, 0.25) is 5.91 Å². The Bertz CT molecular complexity index is 2300. The predicted octanol–water partition coefficient (Wildman–Crippen LogP) is 5.47. The Balaban J connectivity index is 0.000000218. The van der Waals surface area contributed by atoms with Gasteiger partial charge in [0.15, 0.2) is 0 Å². The molecule has 2 atom stereocenters. The number of hydrogen-bond acceptors (Lipinski definition) is 11. The van der Waals surface area contributed by atoms with Gasteiger partial charge < -0.3 is 41.8 Å². The number of allylic oxidation sites excluding steroid dienone is 1. The fraction of sp³-hybridized carbons (Fsp3) is 0.447. The lowest BCUT2D eigenvalue weighted by molar-refractivity contribution is -0.120. The number of hydrogen-bond donors (Lipinski definition) is 6. The molecule has 9 N–H and O–H groups in total. The first kappa shape index (κ1) is 42.6. The zero-order valence-corrected chi connectivity index (χ0v) is 35.6.